The van der Waals surface area contributed by atoms with Crippen LogP contribution in [0.4, 0.5) is 0 Å². The second-order valence-electron chi connectivity index (χ2n) is 5.85. The Bertz CT molecular complexity index is 553. The van der Waals surface area contributed by atoms with Crippen molar-refractivity contribution in [2.75, 3.05) is 6.54 Å². The summed E-state index contributed by atoms with van der Waals surface area (Å²) in [6.07, 6.45) is 5.72. The van der Waals surface area contributed by atoms with Crippen LogP contribution >= 0.6 is 11.3 Å². The molecule has 0 bridgehead atoms. The molecular weight excluding hydrogens is 250 g/mol. The summed E-state index contributed by atoms with van der Waals surface area (Å²) in [5, 5.41) is 5.14. The van der Waals surface area contributed by atoms with E-state index < -0.39 is 0 Å². The van der Waals surface area contributed by atoms with E-state index in [0.717, 1.165) is 5.92 Å². The van der Waals surface area contributed by atoms with Gasteiger partial charge in [-0.2, -0.15) is 0 Å². The summed E-state index contributed by atoms with van der Waals surface area (Å²) < 4.78 is 1.42. The van der Waals surface area contributed by atoms with Crippen LogP contribution < -0.4 is 5.32 Å². The largest absolute Gasteiger partial charge is 0.309 e. The molecule has 1 atom stereocenters. The zero-order valence-corrected chi connectivity index (χ0v) is 12.7. The smallest absolute Gasteiger partial charge is 0.0389 e. The number of aryl methyl sites for hydroxylation is 1. The van der Waals surface area contributed by atoms with Gasteiger partial charge in [-0.05, 0) is 49.7 Å². The molecular formula is C17H23NS. The van der Waals surface area contributed by atoms with Crippen molar-refractivity contribution in [3.63, 3.8) is 0 Å². The van der Waals surface area contributed by atoms with Crippen LogP contribution in [0.1, 0.15) is 49.1 Å². The standard InChI is InChI=1S/C17H23NS/c1-12-15-8-3-4-9-16(15)19-17(12)13(2)18-11-10-14-6-5-7-14/h3-4,8-9,13-14,18H,5-7,10-11H2,1-2H3. The molecule has 1 aliphatic carbocycles. The van der Waals surface area contributed by atoms with Crippen LogP contribution in [0, 0.1) is 12.8 Å². The van der Waals surface area contributed by atoms with Crippen molar-refractivity contribution in [3.8, 4) is 0 Å². The first-order valence-electron chi connectivity index (χ1n) is 7.47. The summed E-state index contributed by atoms with van der Waals surface area (Å²) >= 11 is 1.95. The molecule has 1 nitrogen and oxygen atoms in total. The van der Waals surface area contributed by atoms with Gasteiger partial charge in [0, 0.05) is 15.6 Å². The Labute approximate surface area is 120 Å². The van der Waals surface area contributed by atoms with Crippen LogP contribution in [0.25, 0.3) is 10.1 Å². The highest BCUT2D eigenvalue weighted by Crippen LogP contribution is 2.34. The molecule has 1 saturated carbocycles. The van der Waals surface area contributed by atoms with E-state index in [-0.39, 0.29) is 0 Å². The normalized spacial score (nSPS) is 17.6. The highest BCUT2D eigenvalue weighted by atomic mass is 32.1. The van der Waals surface area contributed by atoms with Crippen LogP contribution in [-0.4, -0.2) is 6.54 Å². The Morgan fingerprint density at radius 3 is 2.79 bits per heavy atom. The number of hydrogen-bond donors (Lipinski definition) is 1. The summed E-state index contributed by atoms with van der Waals surface area (Å²) in [5.74, 6) is 1.00. The van der Waals surface area contributed by atoms with E-state index in [9.17, 15) is 0 Å². The lowest BCUT2D eigenvalue weighted by Gasteiger charge is -2.26. The second kappa shape index (κ2) is 5.64. The van der Waals surface area contributed by atoms with E-state index >= 15 is 0 Å². The van der Waals surface area contributed by atoms with Crippen molar-refractivity contribution in [1.29, 1.82) is 0 Å². The minimum absolute atomic E-state index is 0.484. The van der Waals surface area contributed by atoms with Crippen molar-refractivity contribution in [1.82, 2.24) is 5.32 Å². The molecule has 2 aromatic rings. The predicted molar refractivity (Wildman–Crippen MR) is 84.9 cm³/mol. The molecule has 0 saturated heterocycles. The Morgan fingerprint density at radius 2 is 2.11 bits per heavy atom. The minimum atomic E-state index is 0.484. The number of thiophene rings is 1. The van der Waals surface area contributed by atoms with E-state index in [0.29, 0.717) is 6.04 Å². The third kappa shape index (κ3) is 2.70. The monoisotopic (exact) mass is 273 g/mol. The van der Waals surface area contributed by atoms with Crippen LogP contribution in [0.5, 0.6) is 0 Å². The van der Waals surface area contributed by atoms with Crippen LogP contribution in [0.2, 0.25) is 0 Å². The summed E-state index contributed by atoms with van der Waals surface area (Å²) in [6.45, 7) is 5.73. The lowest BCUT2D eigenvalue weighted by atomic mass is 9.83. The van der Waals surface area contributed by atoms with Gasteiger partial charge >= 0.3 is 0 Å². The maximum Gasteiger partial charge on any atom is 0.0389 e. The molecule has 1 aliphatic rings. The van der Waals surface area contributed by atoms with Gasteiger partial charge in [0.25, 0.3) is 0 Å². The number of fused-ring (bicyclic) bond motifs is 1. The first kappa shape index (κ1) is 13.1. The highest BCUT2D eigenvalue weighted by Gasteiger charge is 2.18. The number of rotatable bonds is 5. The van der Waals surface area contributed by atoms with E-state index in [1.54, 1.807) is 0 Å². The van der Waals surface area contributed by atoms with E-state index in [1.807, 2.05) is 11.3 Å². The third-order valence-corrected chi connectivity index (χ3v) is 5.96. The fourth-order valence-electron chi connectivity index (χ4n) is 2.98. The van der Waals surface area contributed by atoms with Crippen LogP contribution in [0.15, 0.2) is 24.3 Å². The van der Waals surface area contributed by atoms with Crippen molar-refractivity contribution < 1.29 is 0 Å². The Balaban J connectivity index is 1.66. The van der Waals surface area contributed by atoms with Crippen molar-refractivity contribution in [2.24, 2.45) is 5.92 Å². The number of nitrogens with one attached hydrogen (secondary N) is 1. The SMILES string of the molecule is Cc1c(C(C)NCCC2CCC2)sc2ccccc12. The quantitative estimate of drug-likeness (QED) is 0.803. The molecule has 1 N–H and O–H groups in total. The van der Waals surface area contributed by atoms with Crippen LogP contribution in [-0.2, 0) is 0 Å². The van der Waals surface area contributed by atoms with E-state index in [2.05, 4.69) is 43.4 Å². The Kier molecular flexibility index (Phi) is 3.90. The van der Waals surface area contributed by atoms with Crippen LogP contribution in [0.3, 0.4) is 0 Å². The zero-order chi connectivity index (χ0) is 13.2. The van der Waals surface area contributed by atoms with Crippen molar-refractivity contribution >= 4 is 21.4 Å². The van der Waals surface area contributed by atoms with Gasteiger partial charge in [-0.1, -0.05) is 37.5 Å². The lowest BCUT2D eigenvalue weighted by molar-refractivity contribution is 0.289. The molecule has 19 heavy (non-hydrogen) atoms. The molecule has 0 amide bonds. The summed E-state index contributed by atoms with van der Waals surface area (Å²) in [5.41, 5.74) is 1.46. The molecule has 0 spiro atoms. The minimum Gasteiger partial charge on any atom is -0.309 e. The first-order valence-corrected chi connectivity index (χ1v) is 8.29. The highest BCUT2D eigenvalue weighted by molar-refractivity contribution is 7.19. The lowest BCUT2D eigenvalue weighted by Crippen LogP contribution is -2.23. The third-order valence-electron chi connectivity index (χ3n) is 4.50. The van der Waals surface area contributed by atoms with Crippen molar-refractivity contribution in [3.05, 3.63) is 34.7 Å². The first-order chi connectivity index (χ1) is 9.25. The van der Waals surface area contributed by atoms with Gasteiger partial charge in [-0.25, -0.2) is 0 Å². The maximum atomic E-state index is 3.71. The zero-order valence-electron chi connectivity index (χ0n) is 11.9. The van der Waals surface area contributed by atoms with E-state index in [1.165, 1.54) is 52.8 Å². The molecule has 3 rings (SSSR count). The second-order valence-corrected chi connectivity index (χ2v) is 6.93. The van der Waals surface area contributed by atoms with Gasteiger partial charge in [-0.3, -0.25) is 0 Å². The molecule has 1 unspecified atom stereocenters. The average Bonchev–Trinajstić information content (AvgIpc) is 2.70. The summed E-state index contributed by atoms with van der Waals surface area (Å²) in [7, 11) is 0. The fourth-order valence-corrected chi connectivity index (χ4v) is 4.22. The van der Waals surface area contributed by atoms with Gasteiger partial charge in [0.15, 0.2) is 0 Å². The topological polar surface area (TPSA) is 12.0 Å². The van der Waals surface area contributed by atoms with E-state index in [4.69, 9.17) is 0 Å². The fraction of sp³-hybridized carbons (Fsp3) is 0.529. The average molecular weight is 273 g/mol. The molecule has 0 aliphatic heterocycles. The molecule has 1 aromatic heterocycles. The molecule has 102 valence electrons. The molecule has 1 fully saturated rings. The van der Waals surface area contributed by atoms with Gasteiger partial charge in [0.1, 0.15) is 0 Å². The van der Waals surface area contributed by atoms with Gasteiger partial charge < -0.3 is 5.32 Å². The number of benzene rings is 1. The van der Waals surface area contributed by atoms with Gasteiger partial charge in [0.05, 0.1) is 0 Å². The Morgan fingerprint density at radius 1 is 1.32 bits per heavy atom. The molecule has 1 heterocycles. The molecule has 0 radical (unpaired) electrons. The Hall–Kier alpha value is -0.860. The van der Waals surface area contributed by atoms with Gasteiger partial charge in [-0.15, -0.1) is 11.3 Å². The molecule has 2 heteroatoms. The summed E-state index contributed by atoms with van der Waals surface area (Å²) in [6, 6.07) is 9.23. The predicted octanol–water partition coefficient (Wildman–Crippen LogP) is 5.05. The van der Waals surface area contributed by atoms with Gasteiger partial charge in [0.2, 0.25) is 0 Å². The number of hydrogen-bond acceptors (Lipinski definition) is 2. The summed E-state index contributed by atoms with van der Waals surface area (Å²) in [4.78, 5) is 1.51. The maximum absolute atomic E-state index is 3.71. The molecule has 1 aromatic carbocycles. The van der Waals surface area contributed by atoms with Crippen molar-refractivity contribution in [2.45, 2.75) is 45.6 Å².